The Morgan fingerprint density at radius 2 is 1.95 bits per heavy atom. The molecule has 1 heterocycles. The second-order valence-corrected chi connectivity index (χ2v) is 5.20. The minimum atomic E-state index is -0.275. The van der Waals surface area contributed by atoms with Gasteiger partial charge in [-0.05, 0) is 48.5 Å². The van der Waals surface area contributed by atoms with Crippen LogP contribution in [-0.2, 0) is 13.0 Å². The SMILES string of the molecule is O=c1c2ccccc2[nH]c(=S)n1CCc1cccc(F)c1. The standard InChI is InChI=1S/C16H13FN2OS/c17-12-5-3-4-11(10-12)8-9-19-15(20)13-6-1-2-7-14(13)18-16(19)21/h1-7,10H,8-9H2,(H,18,21). The predicted molar refractivity (Wildman–Crippen MR) is 83.5 cm³/mol. The van der Waals surface area contributed by atoms with Crippen molar-refractivity contribution in [3.05, 3.63) is 75.0 Å². The number of hydrogen-bond acceptors (Lipinski definition) is 2. The third-order valence-electron chi connectivity index (χ3n) is 3.40. The summed E-state index contributed by atoms with van der Waals surface area (Å²) in [5.41, 5.74) is 1.45. The number of hydrogen-bond donors (Lipinski definition) is 1. The molecular weight excluding hydrogens is 287 g/mol. The van der Waals surface area contributed by atoms with Crippen molar-refractivity contribution >= 4 is 23.1 Å². The first-order valence-electron chi connectivity index (χ1n) is 6.61. The lowest BCUT2D eigenvalue weighted by molar-refractivity contribution is 0.617. The average Bonchev–Trinajstić information content (AvgIpc) is 2.47. The highest BCUT2D eigenvalue weighted by Crippen LogP contribution is 2.08. The molecule has 0 amide bonds. The van der Waals surface area contributed by atoms with Crippen LogP contribution in [0.4, 0.5) is 4.39 Å². The maximum atomic E-state index is 13.2. The van der Waals surface area contributed by atoms with Crippen LogP contribution in [0.3, 0.4) is 0 Å². The van der Waals surface area contributed by atoms with Gasteiger partial charge in [-0.15, -0.1) is 0 Å². The van der Waals surface area contributed by atoms with E-state index in [-0.39, 0.29) is 11.4 Å². The van der Waals surface area contributed by atoms with Gasteiger partial charge in [-0.1, -0.05) is 24.3 Å². The number of halogens is 1. The Bertz CT molecular complexity index is 914. The second-order valence-electron chi connectivity index (χ2n) is 4.81. The van der Waals surface area contributed by atoms with E-state index in [1.165, 1.54) is 16.7 Å². The fraction of sp³-hybridized carbons (Fsp3) is 0.125. The monoisotopic (exact) mass is 300 g/mol. The van der Waals surface area contributed by atoms with Gasteiger partial charge in [-0.2, -0.15) is 0 Å². The van der Waals surface area contributed by atoms with E-state index in [2.05, 4.69) is 4.98 Å². The van der Waals surface area contributed by atoms with Gasteiger partial charge in [0.2, 0.25) is 0 Å². The van der Waals surface area contributed by atoms with Crippen molar-refractivity contribution in [1.29, 1.82) is 0 Å². The Balaban J connectivity index is 1.97. The molecule has 0 radical (unpaired) electrons. The summed E-state index contributed by atoms with van der Waals surface area (Å²) in [6, 6.07) is 13.6. The number of para-hydroxylation sites is 1. The van der Waals surface area contributed by atoms with Crippen LogP contribution in [0.15, 0.2) is 53.3 Å². The molecule has 0 aliphatic rings. The van der Waals surface area contributed by atoms with Gasteiger partial charge in [0.1, 0.15) is 5.82 Å². The molecule has 3 rings (SSSR count). The maximum Gasteiger partial charge on any atom is 0.262 e. The Hall–Kier alpha value is -2.27. The van der Waals surface area contributed by atoms with E-state index in [1.54, 1.807) is 12.1 Å². The van der Waals surface area contributed by atoms with Gasteiger partial charge in [0.25, 0.3) is 5.56 Å². The summed E-state index contributed by atoms with van der Waals surface area (Å²) in [5.74, 6) is -0.275. The smallest absolute Gasteiger partial charge is 0.262 e. The summed E-state index contributed by atoms with van der Waals surface area (Å²) in [6.07, 6.45) is 0.549. The third kappa shape index (κ3) is 2.78. The predicted octanol–water partition coefficient (Wildman–Crippen LogP) is 3.44. The average molecular weight is 300 g/mol. The molecule has 5 heteroatoms. The van der Waals surface area contributed by atoms with Crippen LogP contribution < -0.4 is 5.56 Å². The van der Waals surface area contributed by atoms with Gasteiger partial charge in [-0.25, -0.2) is 4.39 Å². The Morgan fingerprint density at radius 3 is 2.76 bits per heavy atom. The summed E-state index contributed by atoms with van der Waals surface area (Å²) in [5, 5.41) is 0.602. The second kappa shape index (κ2) is 5.61. The lowest BCUT2D eigenvalue weighted by Crippen LogP contribution is -2.23. The summed E-state index contributed by atoms with van der Waals surface area (Å²) in [4.78, 5) is 15.5. The molecule has 0 saturated heterocycles. The van der Waals surface area contributed by atoms with Crippen molar-refractivity contribution in [3.8, 4) is 0 Å². The summed E-state index contributed by atoms with van der Waals surface area (Å²) >= 11 is 5.24. The van der Waals surface area contributed by atoms with Gasteiger partial charge >= 0.3 is 0 Å². The van der Waals surface area contributed by atoms with Crippen molar-refractivity contribution in [3.63, 3.8) is 0 Å². The van der Waals surface area contributed by atoms with Gasteiger partial charge in [0.15, 0.2) is 4.77 Å². The largest absolute Gasteiger partial charge is 0.332 e. The topological polar surface area (TPSA) is 37.8 Å². The van der Waals surface area contributed by atoms with Crippen LogP contribution in [0.25, 0.3) is 10.9 Å². The molecule has 2 aromatic carbocycles. The van der Waals surface area contributed by atoms with Crippen molar-refractivity contribution in [1.82, 2.24) is 9.55 Å². The van der Waals surface area contributed by atoms with Gasteiger partial charge in [0, 0.05) is 6.54 Å². The maximum absolute atomic E-state index is 13.2. The van der Waals surface area contributed by atoms with Gasteiger partial charge in [0.05, 0.1) is 10.9 Å². The minimum Gasteiger partial charge on any atom is -0.332 e. The number of H-pyrrole nitrogens is 1. The summed E-state index contributed by atoms with van der Waals surface area (Å²) < 4.78 is 15.1. The molecule has 0 spiro atoms. The number of nitrogens with zero attached hydrogens (tertiary/aromatic N) is 1. The van der Waals surface area contributed by atoms with Crippen LogP contribution in [-0.4, -0.2) is 9.55 Å². The number of nitrogens with one attached hydrogen (secondary N) is 1. The van der Waals surface area contributed by atoms with Crippen molar-refractivity contribution in [2.75, 3.05) is 0 Å². The molecule has 0 fully saturated rings. The Kier molecular flexibility index (Phi) is 3.66. The van der Waals surface area contributed by atoms with Gasteiger partial charge < -0.3 is 4.98 Å². The number of rotatable bonds is 3. The number of aryl methyl sites for hydroxylation is 1. The van der Waals surface area contributed by atoms with Crippen LogP contribution in [0.1, 0.15) is 5.56 Å². The fourth-order valence-electron chi connectivity index (χ4n) is 2.34. The van der Waals surface area contributed by atoms with Crippen molar-refractivity contribution < 1.29 is 4.39 Å². The van der Waals surface area contributed by atoms with E-state index < -0.39 is 0 Å². The van der Waals surface area contributed by atoms with E-state index >= 15 is 0 Å². The van der Waals surface area contributed by atoms with E-state index in [0.29, 0.717) is 23.1 Å². The molecule has 1 aromatic heterocycles. The van der Waals surface area contributed by atoms with Gasteiger partial charge in [-0.3, -0.25) is 9.36 Å². The van der Waals surface area contributed by atoms with Crippen molar-refractivity contribution in [2.24, 2.45) is 0 Å². The zero-order valence-electron chi connectivity index (χ0n) is 11.2. The fourth-order valence-corrected chi connectivity index (χ4v) is 2.62. The first kappa shape index (κ1) is 13.7. The van der Waals surface area contributed by atoms with E-state index in [4.69, 9.17) is 12.2 Å². The van der Waals surface area contributed by atoms with Crippen molar-refractivity contribution in [2.45, 2.75) is 13.0 Å². The number of fused-ring (bicyclic) bond motifs is 1. The Labute approximate surface area is 125 Å². The van der Waals surface area contributed by atoms with E-state index in [0.717, 1.165) is 11.1 Å². The first-order valence-corrected chi connectivity index (χ1v) is 7.02. The van der Waals surface area contributed by atoms with E-state index in [9.17, 15) is 9.18 Å². The number of benzene rings is 2. The van der Waals surface area contributed by atoms with E-state index in [1.807, 2.05) is 24.3 Å². The highest BCUT2D eigenvalue weighted by atomic mass is 32.1. The lowest BCUT2D eigenvalue weighted by atomic mass is 10.1. The summed E-state index contributed by atoms with van der Waals surface area (Å²) in [6.45, 7) is 0.419. The normalized spacial score (nSPS) is 10.9. The van der Waals surface area contributed by atoms with Crippen LogP contribution in [0.5, 0.6) is 0 Å². The molecule has 0 aliphatic carbocycles. The van der Waals surface area contributed by atoms with Crippen LogP contribution in [0, 0.1) is 10.6 Å². The number of aromatic amines is 1. The minimum absolute atomic E-state index is 0.120. The molecule has 3 aromatic rings. The highest BCUT2D eigenvalue weighted by Gasteiger charge is 2.05. The molecule has 106 valence electrons. The zero-order chi connectivity index (χ0) is 14.8. The zero-order valence-corrected chi connectivity index (χ0v) is 12.0. The molecule has 0 atom stereocenters. The third-order valence-corrected chi connectivity index (χ3v) is 3.72. The number of aromatic nitrogens is 2. The molecule has 0 aliphatic heterocycles. The van der Waals surface area contributed by atoms with Crippen LogP contribution >= 0.6 is 12.2 Å². The molecule has 1 N–H and O–H groups in total. The summed E-state index contributed by atoms with van der Waals surface area (Å²) in [7, 11) is 0. The van der Waals surface area contributed by atoms with Crippen LogP contribution in [0.2, 0.25) is 0 Å². The first-order chi connectivity index (χ1) is 10.1. The quantitative estimate of drug-likeness (QED) is 0.752. The molecule has 0 saturated carbocycles. The Morgan fingerprint density at radius 1 is 1.14 bits per heavy atom. The molecule has 3 nitrogen and oxygen atoms in total. The molecular formula is C16H13FN2OS. The highest BCUT2D eigenvalue weighted by molar-refractivity contribution is 7.71. The lowest BCUT2D eigenvalue weighted by Gasteiger charge is -2.08. The molecule has 21 heavy (non-hydrogen) atoms. The molecule has 0 unspecified atom stereocenters. The molecule has 0 bridgehead atoms.